The normalized spacial score (nSPS) is 10.7. The Morgan fingerprint density at radius 2 is 1.56 bits per heavy atom. The molecule has 0 radical (unpaired) electrons. The summed E-state index contributed by atoms with van der Waals surface area (Å²) in [6.45, 7) is 1.23. The van der Waals surface area contributed by atoms with Crippen LogP contribution in [-0.4, -0.2) is 25.7 Å². The number of carbonyl (C=O) groups excluding carboxylic acids is 1. The van der Waals surface area contributed by atoms with Crippen LogP contribution in [0.5, 0.6) is 0 Å². The summed E-state index contributed by atoms with van der Waals surface area (Å²) in [5.41, 5.74) is -0.704. The summed E-state index contributed by atoms with van der Waals surface area (Å²) >= 11 is 0. The van der Waals surface area contributed by atoms with E-state index in [1.165, 1.54) is 31.2 Å². The van der Waals surface area contributed by atoms with E-state index in [-0.39, 0.29) is 39.5 Å². The lowest BCUT2D eigenvalue weighted by Crippen LogP contribution is -2.14. The van der Waals surface area contributed by atoms with E-state index >= 15 is 0 Å². The molecule has 4 aromatic rings. The van der Waals surface area contributed by atoms with Crippen molar-refractivity contribution in [2.75, 3.05) is 5.32 Å². The first-order valence-corrected chi connectivity index (χ1v) is 9.55. The van der Waals surface area contributed by atoms with Crippen LogP contribution in [-0.2, 0) is 0 Å². The number of fused-ring (bicyclic) bond motifs is 1. The second kappa shape index (κ2) is 8.38. The van der Waals surface area contributed by atoms with Crippen molar-refractivity contribution < 1.29 is 24.0 Å². The molecule has 13 nitrogen and oxygen atoms in total. The largest absolute Gasteiger partial charge is 0.436 e. The number of oxazole rings is 1. The minimum Gasteiger partial charge on any atom is -0.436 e. The van der Waals surface area contributed by atoms with Gasteiger partial charge >= 0.3 is 0 Å². The van der Waals surface area contributed by atoms with E-state index in [1.54, 1.807) is 18.2 Å². The van der Waals surface area contributed by atoms with Crippen LogP contribution in [0.3, 0.4) is 0 Å². The number of carbonyl (C=O) groups is 1. The summed E-state index contributed by atoms with van der Waals surface area (Å²) in [7, 11) is 0. The molecular formula is C21H13N5O8. The summed E-state index contributed by atoms with van der Waals surface area (Å²) in [4.78, 5) is 48.6. The Bertz CT molecular complexity index is 1480. The third kappa shape index (κ3) is 4.00. The zero-order valence-electron chi connectivity index (χ0n) is 17.3. The van der Waals surface area contributed by atoms with Crippen molar-refractivity contribution in [3.63, 3.8) is 0 Å². The number of aromatic nitrogens is 1. The van der Waals surface area contributed by atoms with E-state index in [1.807, 2.05) is 0 Å². The predicted molar refractivity (Wildman–Crippen MR) is 119 cm³/mol. The van der Waals surface area contributed by atoms with Gasteiger partial charge in [0.2, 0.25) is 5.89 Å². The molecule has 0 bridgehead atoms. The van der Waals surface area contributed by atoms with Crippen molar-refractivity contribution in [3.05, 3.63) is 96.1 Å². The van der Waals surface area contributed by atoms with Gasteiger partial charge in [0.05, 0.1) is 31.6 Å². The SMILES string of the molecule is Cc1c([N+](=O)[O-])cc(C(=O)Nc2ccccc2-c2nc3cc([N+](=O)[O-])ccc3o2)cc1[N+](=O)[O-]. The highest BCUT2D eigenvalue weighted by molar-refractivity contribution is 6.07. The van der Waals surface area contributed by atoms with Crippen LogP contribution < -0.4 is 5.32 Å². The number of para-hydroxylation sites is 1. The van der Waals surface area contributed by atoms with Crippen molar-refractivity contribution in [1.82, 2.24) is 4.98 Å². The van der Waals surface area contributed by atoms with Gasteiger partial charge in [0, 0.05) is 24.3 Å². The first-order valence-electron chi connectivity index (χ1n) is 9.55. The molecule has 0 aliphatic carbocycles. The lowest BCUT2D eigenvalue weighted by atomic mass is 10.1. The van der Waals surface area contributed by atoms with Gasteiger partial charge < -0.3 is 9.73 Å². The van der Waals surface area contributed by atoms with Crippen molar-refractivity contribution in [2.45, 2.75) is 6.92 Å². The molecule has 1 heterocycles. The molecule has 1 N–H and O–H groups in total. The predicted octanol–water partition coefficient (Wildman–Crippen LogP) is 4.78. The van der Waals surface area contributed by atoms with Crippen molar-refractivity contribution >= 4 is 39.8 Å². The monoisotopic (exact) mass is 463 g/mol. The third-order valence-electron chi connectivity index (χ3n) is 5.00. The number of rotatable bonds is 6. The van der Waals surface area contributed by atoms with Gasteiger partial charge in [-0.05, 0) is 25.1 Å². The highest BCUT2D eigenvalue weighted by atomic mass is 16.6. The van der Waals surface area contributed by atoms with Crippen molar-refractivity contribution in [1.29, 1.82) is 0 Å². The van der Waals surface area contributed by atoms with Gasteiger partial charge in [-0.3, -0.25) is 35.1 Å². The van der Waals surface area contributed by atoms with Crippen LogP contribution in [0.1, 0.15) is 15.9 Å². The molecule has 4 rings (SSSR count). The molecule has 1 amide bonds. The zero-order valence-corrected chi connectivity index (χ0v) is 17.3. The van der Waals surface area contributed by atoms with Crippen LogP contribution >= 0.6 is 0 Å². The molecule has 0 spiro atoms. The molecule has 34 heavy (non-hydrogen) atoms. The Kier molecular flexibility index (Phi) is 5.43. The standard InChI is InChI=1S/C21H13N5O8/c1-11-17(25(30)31)8-12(9-18(11)26(32)33)20(27)22-15-5-3-2-4-14(15)21-23-16-10-13(24(28)29)6-7-19(16)34-21/h2-10H,1H3,(H,22,27). The molecule has 0 fully saturated rings. The van der Waals surface area contributed by atoms with E-state index in [2.05, 4.69) is 10.3 Å². The van der Waals surface area contributed by atoms with Gasteiger partial charge in [-0.2, -0.15) is 0 Å². The smallest absolute Gasteiger partial charge is 0.279 e. The lowest BCUT2D eigenvalue weighted by molar-refractivity contribution is -0.395. The first-order chi connectivity index (χ1) is 16.2. The molecule has 0 saturated carbocycles. The Hall–Kier alpha value is -5.20. The fourth-order valence-corrected chi connectivity index (χ4v) is 3.31. The molecule has 0 aliphatic heterocycles. The van der Waals surface area contributed by atoms with Gasteiger partial charge in [0.1, 0.15) is 11.1 Å². The minimum absolute atomic E-state index is 0.0623. The summed E-state index contributed by atoms with van der Waals surface area (Å²) in [5, 5.41) is 36.2. The van der Waals surface area contributed by atoms with Crippen LogP contribution in [0.15, 0.2) is 59.0 Å². The Labute approximate surface area is 189 Å². The molecule has 1 aromatic heterocycles. The van der Waals surface area contributed by atoms with E-state index in [9.17, 15) is 35.1 Å². The molecule has 0 atom stereocenters. The highest BCUT2D eigenvalue weighted by Gasteiger charge is 2.26. The number of anilines is 1. The number of nitrogens with zero attached hydrogens (tertiary/aromatic N) is 4. The lowest BCUT2D eigenvalue weighted by Gasteiger charge is -2.09. The maximum Gasteiger partial charge on any atom is 0.279 e. The summed E-state index contributed by atoms with van der Waals surface area (Å²) in [5.74, 6) is -0.766. The molecule has 3 aromatic carbocycles. The number of nitrogens with one attached hydrogen (secondary N) is 1. The van der Waals surface area contributed by atoms with E-state index in [4.69, 9.17) is 4.42 Å². The van der Waals surface area contributed by atoms with Crippen LogP contribution in [0.4, 0.5) is 22.7 Å². The quantitative estimate of drug-likeness (QED) is 0.310. The fraction of sp³-hybridized carbons (Fsp3) is 0.0476. The summed E-state index contributed by atoms with van der Waals surface area (Å²) in [6, 6.07) is 12.2. The fourth-order valence-electron chi connectivity index (χ4n) is 3.31. The highest BCUT2D eigenvalue weighted by Crippen LogP contribution is 2.33. The van der Waals surface area contributed by atoms with Crippen LogP contribution in [0, 0.1) is 37.3 Å². The van der Waals surface area contributed by atoms with Crippen molar-refractivity contribution in [2.24, 2.45) is 0 Å². The Morgan fingerprint density at radius 3 is 2.18 bits per heavy atom. The van der Waals surface area contributed by atoms with Gasteiger partial charge in [0.15, 0.2) is 5.58 Å². The van der Waals surface area contributed by atoms with E-state index in [0.717, 1.165) is 12.1 Å². The number of hydrogen-bond donors (Lipinski definition) is 1. The van der Waals surface area contributed by atoms with Crippen molar-refractivity contribution in [3.8, 4) is 11.5 Å². The Balaban J connectivity index is 1.73. The second-order valence-corrected chi connectivity index (χ2v) is 7.08. The summed E-state index contributed by atoms with van der Waals surface area (Å²) < 4.78 is 5.67. The number of non-ortho nitro benzene ring substituents is 1. The molecule has 0 aliphatic rings. The molecule has 13 heteroatoms. The number of amides is 1. The minimum atomic E-state index is -0.828. The van der Waals surface area contributed by atoms with Gasteiger partial charge in [-0.15, -0.1) is 0 Å². The van der Waals surface area contributed by atoms with Gasteiger partial charge in [-0.25, -0.2) is 4.98 Å². The van der Waals surface area contributed by atoms with E-state index < -0.39 is 32.1 Å². The molecule has 0 saturated heterocycles. The Morgan fingerprint density at radius 1 is 0.912 bits per heavy atom. The van der Waals surface area contributed by atoms with Gasteiger partial charge in [-0.1, -0.05) is 12.1 Å². The van der Waals surface area contributed by atoms with E-state index in [0.29, 0.717) is 5.56 Å². The van der Waals surface area contributed by atoms with Crippen LogP contribution in [0.25, 0.3) is 22.6 Å². The second-order valence-electron chi connectivity index (χ2n) is 7.08. The zero-order chi connectivity index (χ0) is 24.6. The average Bonchev–Trinajstić information content (AvgIpc) is 3.22. The third-order valence-corrected chi connectivity index (χ3v) is 5.00. The first kappa shape index (κ1) is 22.0. The number of benzene rings is 3. The van der Waals surface area contributed by atoms with Gasteiger partial charge in [0.25, 0.3) is 23.0 Å². The summed E-state index contributed by atoms with van der Waals surface area (Å²) in [6.07, 6.45) is 0. The van der Waals surface area contributed by atoms with Crippen LogP contribution in [0.2, 0.25) is 0 Å². The number of nitro benzene ring substituents is 3. The number of hydrogen-bond acceptors (Lipinski definition) is 9. The topological polar surface area (TPSA) is 185 Å². The molecule has 170 valence electrons. The number of nitro groups is 3. The maximum absolute atomic E-state index is 12.9. The average molecular weight is 463 g/mol. The maximum atomic E-state index is 12.9. The molecular weight excluding hydrogens is 450 g/mol. The molecule has 0 unspecified atom stereocenters.